The highest BCUT2D eigenvalue weighted by Crippen LogP contribution is 2.06. The average molecular weight is 211 g/mol. The van der Waals surface area contributed by atoms with Gasteiger partial charge in [-0.05, 0) is 4.92 Å². The Balaban J connectivity index is 2.44. The van der Waals surface area contributed by atoms with Crippen LogP contribution in [0.2, 0.25) is 0 Å². The lowest BCUT2D eigenvalue weighted by Gasteiger charge is -1.99. The van der Waals surface area contributed by atoms with Gasteiger partial charge in [0.25, 0.3) is 0 Å². The van der Waals surface area contributed by atoms with Gasteiger partial charge in [-0.25, -0.2) is 4.57 Å². The van der Waals surface area contributed by atoms with E-state index in [1.165, 1.54) is 17.0 Å². The van der Waals surface area contributed by atoms with Gasteiger partial charge in [0, 0.05) is 0 Å². The maximum Gasteiger partial charge on any atom is 0.436 e. The summed E-state index contributed by atoms with van der Waals surface area (Å²) >= 11 is 0. The first-order valence-corrected chi connectivity index (χ1v) is 4.05. The van der Waals surface area contributed by atoms with Crippen LogP contribution in [0.5, 0.6) is 0 Å². The molecule has 7 nitrogen and oxygen atoms in total. The topological polar surface area (TPSA) is 90.4 Å². The van der Waals surface area contributed by atoms with Crippen molar-refractivity contribution in [3.8, 4) is 11.8 Å². The van der Waals surface area contributed by atoms with Gasteiger partial charge in [0.05, 0.1) is 0 Å². The van der Waals surface area contributed by atoms with Gasteiger partial charge < -0.3 is 20.0 Å². The second-order valence-corrected chi connectivity index (χ2v) is 2.44. The summed E-state index contributed by atoms with van der Waals surface area (Å²) in [5.41, 5.74) is 0. The predicted octanol–water partition coefficient (Wildman–Crippen LogP) is -0.239. The lowest BCUT2D eigenvalue weighted by molar-refractivity contribution is -0.397. The third-order valence-corrected chi connectivity index (χ3v) is 1.47. The Morgan fingerprint density at radius 1 is 1.67 bits per heavy atom. The van der Waals surface area contributed by atoms with Crippen LogP contribution < -0.4 is 0 Å². The number of hydrogen-bond acceptors (Lipinski definition) is 5. The maximum absolute atomic E-state index is 10.4. The van der Waals surface area contributed by atoms with Crippen molar-refractivity contribution in [2.45, 2.75) is 6.73 Å². The highest BCUT2D eigenvalue weighted by molar-refractivity contribution is 5.05. The molecule has 0 radical (unpaired) electrons. The van der Waals surface area contributed by atoms with Crippen molar-refractivity contribution in [2.24, 2.45) is 0 Å². The standard InChI is InChI=1S/C8H9N3O4/c12-5-1-2-6-15-7-10-4-3-9-8(10)11(13)14/h3-4,12H,5-7H2. The van der Waals surface area contributed by atoms with E-state index in [9.17, 15) is 10.1 Å². The van der Waals surface area contributed by atoms with Crippen molar-refractivity contribution in [1.29, 1.82) is 0 Å². The number of imidazole rings is 1. The Hall–Kier alpha value is -1.91. The van der Waals surface area contributed by atoms with E-state index in [-0.39, 0.29) is 25.9 Å². The first-order valence-electron chi connectivity index (χ1n) is 4.05. The normalized spacial score (nSPS) is 9.40. The second-order valence-electron chi connectivity index (χ2n) is 2.44. The van der Waals surface area contributed by atoms with Gasteiger partial charge in [0.15, 0.2) is 6.73 Å². The molecule has 7 heteroatoms. The zero-order valence-electron chi connectivity index (χ0n) is 7.79. The second kappa shape index (κ2) is 5.74. The Bertz CT molecular complexity index is 390. The van der Waals surface area contributed by atoms with E-state index >= 15 is 0 Å². The molecule has 0 aliphatic carbocycles. The third-order valence-electron chi connectivity index (χ3n) is 1.47. The molecule has 0 spiro atoms. The van der Waals surface area contributed by atoms with Crippen molar-refractivity contribution < 1.29 is 14.8 Å². The number of nitro groups is 1. The first kappa shape index (κ1) is 11.2. The summed E-state index contributed by atoms with van der Waals surface area (Å²) in [6.07, 6.45) is 2.76. The van der Waals surface area contributed by atoms with Crippen molar-refractivity contribution >= 4 is 5.95 Å². The fourth-order valence-electron chi connectivity index (χ4n) is 0.876. The minimum atomic E-state index is -0.594. The fourth-order valence-corrected chi connectivity index (χ4v) is 0.876. The molecule has 0 aromatic carbocycles. The monoisotopic (exact) mass is 211 g/mol. The smallest absolute Gasteiger partial charge is 0.390 e. The van der Waals surface area contributed by atoms with Gasteiger partial charge in [0.1, 0.15) is 25.6 Å². The van der Waals surface area contributed by atoms with E-state index in [2.05, 4.69) is 16.8 Å². The summed E-state index contributed by atoms with van der Waals surface area (Å²) in [6.45, 7) is -0.110. The van der Waals surface area contributed by atoms with Gasteiger partial charge in [-0.2, -0.15) is 0 Å². The van der Waals surface area contributed by atoms with Crippen molar-refractivity contribution in [2.75, 3.05) is 13.2 Å². The number of rotatable bonds is 4. The van der Waals surface area contributed by atoms with Gasteiger partial charge in [-0.1, -0.05) is 16.8 Å². The van der Waals surface area contributed by atoms with E-state index in [1.807, 2.05) is 0 Å². The quantitative estimate of drug-likeness (QED) is 0.321. The third kappa shape index (κ3) is 3.38. The molecule has 0 amide bonds. The maximum atomic E-state index is 10.4. The van der Waals surface area contributed by atoms with Crippen LogP contribution in [0.25, 0.3) is 0 Å². The molecule has 0 saturated carbocycles. The SMILES string of the molecule is O=[N+]([O-])c1nccn1COCC#CCO. The largest absolute Gasteiger partial charge is 0.436 e. The van der Waals surface area contributed by atoms with E-state index < -0.39 is 4.92 Å². The molecule has 80 valence electrons. The van der Waals surface area contributed by atoms with Crippen LogP contribution in [0.15, 0.2) is 12.4 Å². The van der Waals surface area contributed by atoms with Crippen molar-refractivity contribution in [3.05, 3.63) is 22.5 Å². The molecule has 0 saturated heterocycles. The van der Waals surface area contributed by atoms with Crippen LogP contribution in [0.3, 0.4) is 0 Å². The molecule has 1 rings (SSSR count). The Labute approximate surface area is 85.5 Å². The van der Waals surface area contributed by atoms with Crippen LogP contribution in [-0.4, -0.2) is 32.8 Å². The van der Waals surface area contributed by atoms with Crippen molar-refractivity contribution in [3.63, 3.8) is 0 Å². The van der Waals surface area contributed by atoms with E-state index in [0.717, 1.165) is 0 Å². The van der Waals surface area contributed by atoms with Gasteiger partial charge in [-0.15, -0.1) is 0 Å². The molecule has 0 atom stereocenters. The molecule has 0 bridgehead atoms. The van der Waals surface area contributed by atoms with E-state index in [1.54, 1.807) is 0 Å². The van der Waals surface area contributed by atoms with Gasteiger partial charge in [0.2, 0.25) is 0 Å². The minimum Gasteiger partial charge on any atom is -0.390 e. The molecule has 0 fully saturated rings. The number of nitrogens with zero attached hydrogens (tertiary/aromatic N) is 3. The zero-order chi connectivity index (χ0) is 11.1. The molecule has 0 unspecified atom stereocenters. The Morgan fingerprint density at radius 2 is 2.47 bits per heavy atom. The molecule has 0 aliphatic rings. The molecule has 15 heavy (non-hydrogen) atoms. The molecule has 1 aromatic heterocycles. The van der Waals surface area contributed by atoms with Crippen LogP contribution in [-0.2, 0) is 11.5 Å². The fraction of sp³-hybridized carbons (Fsp3) is 0.375. The van der Waals surface area contributed by atoms with Crippen LogP contribution in [0.1, 0.15) is 0 Å². The summed E-state index contributed by atoms with van der Waals surface area (Å²) in [6, 6.07) is 0. The summed E-state index contributed by atoms with van der Waals surface area (Å²) < 4.78 is 6.26. The molecular weight excluding hydrogens is 202 g/mol. The highest BCUT2D eigenvalue weighted by atomic mass is 16.6. The number of hydrogen-bond donors (Lipinski definition) is 1. The highest BCUT2D eigenvalue weighted by Gasteiger charge is 2.12. The average Bonchev–Trinajstić information content (AvgIpc) is 2.66. The zero-order valence-corrected chi connectivity index (χ0v) is 7.79. The van der Waals surface area contributed by atoms with Crippen LogP contribution >= 0.6 is 0 Å². The summed E-state index contributed by atoms with van der Waals surface area (Å²) in [5.74, 6) is 4.63. The Kier molecular flexibility index (Phi) is 4.28. The van der Waals surface area contributed by atoms with E-state index in [0.29, 0.717) is 0 Å². The molecule has 1 aromatic rings. The molecule has 1 N–H and O–H groups in total. The number of aromatic nitrogens is 2. The van der Waals surface area contributed by atoms with Gasteiger partial charge >= 0.3 is 5.95 Å². The molecule has 1 heterocycles. The van der Waals surface area contributed by atoms with E-state index in [4.69, 9.17) is 9.84 Å². The van der Waals surface area contributed by atoms with Crippen LogP contribution in [0, 0.1) is 22.0 Å². The number of ether oxygens (including phenoxy) is 1. The molecular formula is C8H9N3O4. The lowest BCUT2D eigenvalue weighted by Crippen LogP contribution is -2.06. The number of aliphatic hydroxyl groups excluding tert-OH is 1. The summed E-state index contributed by atoms with van der Waals surface area (Å²) in [4.78, 5) is 13.4. The predicted molar refractivity (Wildman–Crippen MR) is 49.7 cm³/mol. The number of aliphatic hydroxyl groups is 1. The Morgan fingerprint density at radius 3 is 3.13 bits per heavy atom. The van der Waals surface area contributed by atoms with Crippen LogP contribution in [0.4, 0.5) is 5.95 Å². The minimum absolute atomic E-state index is 0.0103. The molecule has 0 aliphatic heterocycles. The lowest BCUT2D eigenvalue weighted by atomic mass is 10.6. The van der Waals surface area contributed by atoms with Gasteiger partial charge in [-0.3, -0.25) is 0 Å². The first-order chi connectivity index (χ1) is 7.25. The summed E-state index contributed by atoms with van der Waals surface area (Å²) in [7, 11) is 0. The summed E-state index contributed by atoms with van der Waals surface area (Å²) in [5, 5.41) is 18.8. The van der Waals surface area contributed by atoms with Crippen molar-refractivity contribution in [1.82, 2.24) is 9.55 Å².